The van der Waals surface area contributed by atoms with Crippen LogP contribution in [0.1, 0.15) is 38.8 Å². The van der Waals surface area contributed by atoms with Crippen LogP contribution in [0.15, 0.2) is 58.7 Å². The Labute approximate surface area is 179 Å². The topological polar surface area (TPSA) is 72.3 Å². The van der Waals surface area contributed by atoms with Gasteiger partial charge in [-0.1, -0.05) is 24.3 Å². The second kappa shape index (κ2) is 12.3. The van der Waals surface area contributed by atoms with Gasteiger partial charge in [-0.3, -0.25) is 0 Å². The average Bonchev–Trinajstić information content (AvgIpc) is 2.77. The SMILES string of the molecule is CCN(CC)c1ccc(/C=N/NC(=O)N/N=C/c2ccc(N(CC)CC)cc2)cc1. The van der Waals surface area contributed by atoms with E-state index in [9.17, 15) is 4.79 Å². The van der Waals surface area contributed by atoms with E-state index in [4.69, 9.17) is 0 Å². The number of benzene rings is 2. The van der Waals surface area contributed by atoms with Crippen molar-refractivity contribution < 1.29 is 4.79 Å². The van der Waals surface area contributed by atoms with Crippen LogP contribution in [-0.2, 0) is 0 Å². The summed E-state index contributed by atoms with van der Waals surface area (Å²) in [6.45, 7) is 12.4. The first-order valence-electron chi connectivity index (χ1n) is 10.4. The summed E-state index contributed by atoms with van der Waals surface area (Å²) in [4.78, 5) is 16.3. The molecule has 0 aromatic heterocycles. The number of hydrogen-bond acceptors (Lipinski definition) is 5. The van der Waals surface area contributed by atoms with Gasteiger partial charge in [0.05, 0.1) is 12.4 Å². The number of rotatable bonds is 10. The van der Waals surface area contributed by atoms with Crippen molar-refractivity contribution in [2.24, 2.45) is 10.2 Å². The first-order valence-corrected chi connectivity index (χ1v) is 10.4. The zero-order chi connectivity index (χ0) is 21.8. The van der Waals surface area contributed by atoms with Gasteiger partial charge < -0.3 is 9.80 Å². The molecule has 2 N–H and O–H groups in total. The number of hydrazone groups is 2. The van der Waals surface area contributed by atoms with Crippen LogP contribution in [0, 0.1) is 0 Å². The van der Waals surface area contributed by atoms with Gasteiger partial charge in [0.1, 0.15) is 0 Å². The highest BCUT2D eigenvalue weighted by Crippen LogP contribution is 2.14. The van der Waals surface area contributed by atoms with Crippen molar-refractivity contribution in [1.29, 1.82) is 0 Å². The summed E-state index contributed by atoms with van der Waals surface area (Å²) in [5.74, 6) is 0. The van der Waals surface area contributed by atoms with Crippen LogP contribution in [0.5, 0.6) is 0 Å². The van der Waals surface area contributed by atoms with Crippen molar-refractivity contribution in [3.8, 4) is 0 Å². The Morgan fingerprint density at radius 3 is 1.33 bits per heavy atom. The maximum Gasteiger partial charge on any atom is 0.355 e. The number of nitrogens with zero attached hydrogens (tertiary/aromatic N) is 4. The largest absolute Gasteiger partial charge is 0.372 e. The van der Waals surface area contributed by atoms with E-state index in [1.165, 1.54) is 11.4 Å². The van der Waals surface area contributed by atoms with Crippen LogP contribution in [0.3, 0.4) is 0 Å². The lowest BCUT2D eigenvalue weighted by molar-refractivity contribution is 0.242. The molecule has 0 aliphatic carbocycles. The Bertz CT molecular complexity index is 752. The van der Waals surface area contributed by atoms with Crippen LogP contribution >= 0.6 is 0 Å². The summed E-state index contributed by atoms with van der Waals surface area (Å²) in [5.41, 5.74) is 8.96. The van der Waals surface area contributed by atoms with Gasteiger partial charge in [-0.2, -0.15) is 10.2 Å². The normalized spacial score (nSPS) is 11.1. The lowest BCUT2D eigenvalue weighted by Gasteiger charge is -2.20. The molecular weight excluding hydrogens is 376 g/mol. The third kappa shape index (κ3) is 6.92. The van der Waals surface area contributed by atoms with Crippen molar-refractivity contribution in [3.05, 3.63) is 59.7 Å². The van der Waals surface area contributed by atoms with Gasteiger partial charge in [-0.15, -0.1) is 0 Å². The standard InChI is InChI=1S/C23H32N6O/c1-5-28(6-2)21-13-9-19(10-14-21)17-24-26-23(30)27-25-18-20-11-15-22(16-12-20)29(7-3)8-4/h9-18H,5-8H2,1-4H3,(H2,26,27,30)/b24-17+,25-18+. The molecule has 0 saturated carbocycles. The molecule has 7 heteroatoms. The summed E-state index contributed by atoms with van der Waals surface area (Å²) in [6, 6.07) is 15.6. The minimum atomic E-state index is -0.498. The Hall–Kier alpha value is -3.35. The molecule has 0 spiro atoms. The third-order valence-electron chi connectivity index (χ3n) is 4.80. The Morgan fingerprint density at radius 1 is 0.700 bits per heavy atom. The molecule has 0 fully saturated rings. The Morgan fingerprint density at radius 2 is 1.03 bits per heavy atom. The molecule has 0 unspecified atom stereocenters. The van der Waals surface area contributed by atoms with Crippen LogP contribution in [0.25, 0.3) is 0 Å². The summed E-state index contributed by atoms with van der Waals surface area (Å²) < 4.78 is 0. The van der Waals surface area contributed by atoms with Crippen molar-refractivity contribution in [1.82, 2.24) is 10.9 Å². The molecule has 160 valence electrons. The second-order valence-electron chi connectivity index (χ2n) is 6.60. The van der Waals surface area contributed by atoms with Gasteiger partial charge in [-0.05, 0) is 63.1 Å². The maximum atomic E-state index is 11.8. The molecule has 2 aromatic rings. The molecule has 0 bridgehead atoms. The molecular formula is C23H32N6O. The molecule has 0 heterocycles. The van der Waals surface area contributed by atoms with Gasteiger partial charge in [0.25, 0.3) is 0 Å². The van der Waals surface area contributed by atoms with E-state index in [1.54, 1.807) is 12.4 Å². The van der Waals surface area contributed by atoms with Gasteiger partial charge in [0.15, 0.2) is 0 Å². The number of hydrogen-bond donors (Lipinski definition) is 2. The average molecular weight is 409 g/mol. The zero-order valence-electron chi connectivity index (χ0n) is 18.3. The number of anilines is 2. The van der Waals surface area contributed by atoms with Crippen molar-refractivity contribution in [2.75, 3.05) is 36.0 Å². The van der Waals surface area contributed by atoms with E-state index in [-0.39, 0.29) is 0 Å². The monoisotopic (exact) mass is 408 g/mol. The van der Waals surface area contributed by atoms with E-state index in [1.807, 2.05) is 48.5 Å². The third-order valence-corrected chi connectivity index (χ3v) is 4.80. The molecule has 0 aliphatic rings. The van der Waals surface area contributed by atoms with Crippen molar-refractivity contribution >= 4 is 29.8 Å². The Kier molecular flexibility index (Phi) is 9.37. The highest BCUT2D eigenvalue weighted by atomic mass is 16.2. The van der Waals surface area contributed by atoms with Crippen LogP contribution in [-0.4, -0.2) is 44.6 Å². The van der Waals surface area contributed by atoms with Crippen LogP contribution < -0.4 is 20.7 Å². The fraction of sp³-hybridized carbons (Fsp3) is 0.348. The number of urea groups is 1. The number of nitrogens with one attached hydrogen (secondary N) is 2. The molecule has 2 aromatic carbocycles. The van der Waals surface area contributed by atoms with Gasteiger partial charge in [0, 0.05) is 37.6 Å². The highest BCUT2D eigenvalue weighted by Gasteiger charge is 2.02. The van der Waals surface area contributed by atoms with Crippen molar-refractivity contribution in [2.45, 2.75) is 27.7 Å². The number of carbonyl (C=O) groups is 1. The molecule has 0 radical (unpaired) electrons. The highest BCUT2D eigenvalue weighted by molar-refractivity contribution is 5.84. The molecule has 2 rings (SSSR count). The summed E-state index contributed by atoms with van der Waals surface area (Å²) in [7, 11) is 0. The lowest BCUT2D eigenvalue weighted by atomic mass is 10.2. The minimum Gasteiger partial charge on any atom is -0.372 e. The van der Waals surface area contributed by atoms with E-state index in [2.05, 4.69) is 58.5 Å². The summed E-state index contributed by atoms with van der Waals surface area (Å²) in [5, 5.41) is 7.90. The lowest BCUT2D eigenvalue weighted by Crippen LogP contribution is -2.28. The molecule has 0 saturated heterocycles. The van der Waals surface area contributed by atoms with Gasteiger partial charge in [-0.25, -0.2) is 15.6 Å². The quantitative estimate of drug-likeness (QED) is 0.460. The molecule has 7 nitrogen and oxygen atoms in total. The zero-order valence-corrected chi connectivity index (χ0v) is 18.3. The summed E-state index contributed by atoms with van der Waals surface area (Å²) in [6.07, 6.45) is 3.20. The maximum absolute atomic E-state index is 11.8. The second-order valence-corrected chi connectivity index (χ2v) is 6.60. The predicted molar refractivity (Wildman–Crippen MR) is 127 cm³/mol. The van der Waals surface area contributed by atoms with Crippen LogP contribution in [0.4, 0.5) is 16.2 Å². The van der Waals surface area contributed by atoms with Gasteiger partial charge >= 0.3 is 6.03 Å². The minimum absolute atomic E-state index is 0.498. The summed E-state index contributed by atoms with van der Waals surface area (Å²) >= 11 is 0. The smallest absolute Gasteiger partial charge is 0.355 e. The van der Waals surface area contributed by atoms with E-state index < -0.39 is 6.03 Å². The van der Waals surface area contributed by atoms with E-state index in [0.29, 0.717) is 0 Å². The molecule has 0 atom stereocenters. The fourth-order valence-corrected chi connectivity index (χ4v) is 3.08. The molecule has 0 aliphatic heterocycles. The van der Waals surface area contributed by atoms with E-state index in [0.717, 1.165) is 37.3 Å². The fourth-order valence-electron chi connectivity index (χ4n) is 3.08. The van der Waals surface area contributed by atoms with E-state index >= 15 is 0 Å². The number of amides is 2. The molecule has 2 amide bonds. The van der Waals surface area contributed by atoms with Crippen LogP contribution in [0.2, 0.25) is 0 Å². The first-order chi connectivity index (χ1) is 14.6. The predicted octanol–water partition coefficient (Wildman–Crippen LogP) is 4.05. The number of carbonyl (C=O) groups excluding carboxylic acids is 1. The molecule has 30 heavy (non-hydrogen) atoms. The Balaban J connectivity index is 1.80. The van der Waals surface area contributed by atoms with Gasteiger partial charge in [0.2, 0.25) is 0 Å². The first kappa shape index (κ1) is 22.9. The van der Waals surface area contributed by atoms with Crippen molar-refractivity contribution in [3.63, 3.8) is 0 Å².